The van der Waals surface area contributed by atoms with E-state index in [9.17, 15) is 18.0 Å². The van der Waals surface area contributed by atoms with Gasteiger partial charge in [-0.15, -0.1) is 0 Å². The van der Waals surface area contributed by atoms with Crippen molar-refractivity contribution < 1.29 is 18.0 Å². The molecule has 3 aromatic rings. The maximum absolute atomic E-state index is 13.2. The summed E-state index contributed by atoms with van der Waals surface area (Å²) in [4.78, 5) is 24.6. The fourth-order valence-corrected chi connectivity index (χ4v) is 5.20. The van der Waals surface area contributed by atoms with E-state index in [-0.39, 0.29) is 35.4 Å². The third-order valence-corrected chi connectivity index (χ3v) is 7.07. The van der Waals surface area contributed by atoms with Crippen LogP contribution < -0.4 is 10.0 Å². The zero-order valence-corrected chi connectivity index (χ0v) is 19.3. The van der Waals surface area contributed by atoms with Crippen molar-refractivity contribution >= 4 is 44.9 Å². The van der Waals surface area contributed by atoms with Crippen molar-refractivity contribution in [3.8, 4) is 11.1 Å². The molecule has 0 atom stereocenters. The van der Waals surface area contributed by atoms with Gasteiger partial charge >= 0.3 is 0 Å². The molecule has 1 aromatic heterocycles. The predicted molar refractivity (Wildman–Crippen MR) is 123 cm³/mol. The van der Waals surface area contributed by atoms with Crippen LogP contribution in [0.1, 0.15) is 34.5 Å². The van der Waals surface area contributed by atoms with Gasteiger partial charge in [0.2, 0.25) is 11.8 Å². The minimum absolute atomic E-state index is 0.0514. The fraction of sp³-hybridized carbons (Fsp3) is 0.227. The number of amides is 1. The Morgan fingerprint density at radius 1 is 1.03 bits per heavy atom. The van der Waals surface area contributed by atoms with Gasteiger partial charge in [0.1, 0.15) is 5.82 Å². The highest BCUT2D eigenvalue weighted by Crippen LogP contribution is 2.35. The standard InChI is InChI=1S/C22H21ClN4O4S/c1-12-5-7-16(23)11-17(12)26-32(30,31)18-10-15(6-4-13(18)2)21-14(3)25-27-20(29)9-8-19(28)24-22(21)27/h4-7,10-11,26H,8-9H2,1-3H3,(H,24,28). The van der Waals surface area contributed by atoms with Crippen molar-refractivity contribution in [2.45, 2.75) is 38.5 Å². The molecule has 0 radical (unpaired) electrons. The summed E-state index contributed by atoms with van der Waals surface area (Å²) in [5.41, 5.74) is 3.18. The van der Waals surface area contributed by atoms with Gasteiger partial charge in [-0.3, -0.25) is 14.3 Å². The van der Waals surface area contributed by atoms with Gasteiger partial charge in [0.05, 0.1) is 16.3 Å². The van der Waals surface area contributed by atoms with E-state index < -0.39 is 10.0 Å². The van der Waals surface area contributed by atoms with Gasteiger partial charge in [-0.2, -0.15) is 9.78 Å². The molecule has 1 amide bonds. The Balaban J connectivity index is 1.82. The lowest BCUT2D eigenvalue weighted by Gasteiger charge is -2.14. The third-order valence-electron chi connectivity index (χ3n) is 5.33. The number of nitrogens with one attached hydrogen (secondary N) is 2. The SMILES string of the molecule is Cc1ccc(Cl)cc1NS(=O)(=O)c1cc(-c2c(C)nn3c2NC(=O)CCC3=O)ccc1C. The van der Waals surface area contributed by atoms with Crippen LogP contribution in [-0.4, -0.2) is 30.0 Å². The van der Waals surface area contributed by atoms with Crippen molar-refractivity contribution in [3.63, 3.8) is 0 Å². The maximum atomic E-state index is 13.2. The molecule has 2 aromatic carbocycles. The highest BCUT2D eigenvalue weighted by molar-refractivity contribution is 7.92. The van der Waals surface area contributed by atoms with E-state index in [4.69, 9.17) is 11.6 Å². The highest BCUT2D eigenvalue weighted by Gasteiger charge is 2.27. The second-order valence-corrected chi connectivity index (χ2v) is 9.80. The average molecular weight is 473 g/mol. The largest absolute Gasteiger partial charge is 0.310 e. The Morgan fingerprint density at radius 3 is 2.50 bits per heavy atom. The number of nitrogens with zero attached hydrogens (tertiary/aromatic N) is 2. The summed E-state index contributed by atoms with van der Waals surface area (Å²) < 4.78 is 30.3. The number of aromatic nitrogens is 2. The van der Waals surface area contributed by atoms with Crippen LogP contribution in [0.25, 0.3) is 11.1 Å². The van der Waals surface area contributed by atoms with Gasteiger partial charge in [-0.1, -0.05) is 29.8 Å². The zero-order valence-electron chi connectivity index (χ0n) is 17.7. The van der Waals surface area contributed by atoms with Gasteiger partial charge in [-0.05, 0) is 55.7 Å². The van der Waals surface area contributed by atoms with Crippen LogP contribution in [0.2, 0.25) is 5.02 Å². The Bertz CT molecular complexity index is 1380. The molecule has 0 fully saturated rings. The van der Waals surface area contributed by atoms with Crippen molar-refractivity contribution in [2.75, 3.05) is 10.0 Å². The number of fused-ring (bicyclic) bond motifs is 1. The lowest BCUT2D eigenvalue weighted by molar-refractivity contribution is -0.116. The number of hydrogen-bond acceptors (Lipinski definition) is 5. The number of sulfonamides is 1. The van der Waals surface area contributed by atoms with Gasteiger partial charge < -0.3 is 5.32 Å². The van der Waals surface area contributed by atoms with Gasteiger partial charge in [-0.25, -0.2) is 8.42 Å². The molecular formula is C22H21ClN4O4S. The second-order valence-electron chi connectivity index (χ2n) is 7.71. The third kappa shape index (κ3) is 4.01. The average Bonchev–Trinajstić information content (AvgIpc) is 2.97. The molecule has 166 valence electrons. The molecule has 10 heteroatoms. The first kappa shape index (κ1) is 22.0. The van der Waals surface area contributed by atoms with Gasteiger partial charge in [0.25, 0.3) is 10.0 Å². The first-order valence-corrected chi connectivity index (χ1v) is 11.8. The summed E-state index contributed by atoms with van der Waals surface area (Å²) in [5, 5.41) is 7.42. The molecule has 8 nitrogen and oxygen atoms in total. The molecular weight excluding hydrogens is 452 g/mol. The molecule has 0 bridgehead atoms. The fourth-order valence-electron chi connectivity index (χ4n) is 3.64. The van der Waals surface area contributed by atoms with Crippen molar-refractivity contribution in [1.29, 1.82) is 0 Å². The topological polar surface area (TPSA) is 110 Å². The monoisotopic (exact) mass is 472 g/mol. The van der Waals surface area contributed by atoms with E-state index in [2.05, 4.69) is 15.1 Å². The van der Waals surface area contributed by atoms with Crippen molar-refractivity contribution in [2.24, 2.45) is 0 Å². The molecule has 2 heterocycles. The van der Waals surface area contributed by atoms with Gasteiger partial charge in [0.15, 0.2) is 0 Å². The minimum atomic E-state index is -3.95. The molecule has 0 unspecified atom stereocenters. The Kier molecular flexibility index (Phi) is 5.56. The van der Waals surface area contributed by atoms with E-state index in [0.29, 0.717) is 33.1 Å². The molecule has 0 saturated heterocycles. The lowest BCUT2D eigenvalue weighted by atomic mass is 10.0. The molecule has 32 heavy (non-hydrogen) atoms. The summed E-state index contributed by atoms with van der Waals surface area (Å²) in [6.07, 6.45) is 0.118. The summed E-state index contributed by atoms with van der Waals surface area (Å²) in [6, 6.07) is 9.91. The van der Waals surface area contributed by atoms with E-state index in [1.165, 1.54) is 10.7 Å². The summed E-state index contributed by atoms with van der Waals surface area (Å²) in [7, 11) is -3.95. The quantitative estimate of drug-likeness (QED) is 0.588. The minimum Gasteiger partial charge on any atom is -0.310 e. The molecule has 1 aliphatic rings. The molecule has 1 aliphatic heterocycles. The maximum Gasteiger partial charge on any atom is 0.262 e. The molecule has 0 saturated carbocycles. The van der Waals surface area contributed by atoms with Gasteiger partial charge in [0, 0.05) is 23.4 Å². The summed E-state index contributed by atoms with van der Waals surface area (Å²) >= 11 is 6.03. The van der Waals surface area contributed by atoms with Crippen molar-refractivity contribution in [3.05, 3.63) is 58.2 Å². The van der Waals surface area contributed by atoms with Crippen LogP contribution in [0.4, 0.5) is 11.5 Å². The normalized spacial score (nSPS) is 14.0. The first-order chi connectivity index (χ1) is 15.1. The number of hydrogen-bond donors (Lipinski definition) is 2. The Hall–Kier alpha value is -3.17. The number of aryl methyl sites for hydroxylation is 3. The number of halogens is 1. The van der Waals surface area contributed by atoms with E-state index in [1.807, 2.05) is 0 Å². The van der Waals surface area contributed by atoms with Crippen LogP contribution in [0.5, 0.6) is 0 Å². The predicted octanol–water partition coefficient (Wildman–Crippen LogP) is 4.30. The smallest absolute Gasteiger partial charge is 0.262 e. The van der Waals surface area contributed by atoms with Crippen LogP contribution in [0.15, 0.2) is 41.3 Å². The number of carbonyl (C=O) groups is 2. The van der Waals surface area contributed by atoms with Crippen LogP contribution in [-0.2, 0) is 14.8 Å². The Labute approximate surface area is 190 Å². The Morgan fingerprint density at radius 2 is 1.75 bits per heavy atom. The van der Waals surface area contributed by atoms with Crippen LogP contribution >= 0.6 is 11.6 Å². The molecule has 2 N–H and O–H groups in total. The number of carbonyl (C=O) groups excluding carboxylic acids is 2. The van der Waals surface area contributed by atoms with E-state index in [0.717, 1.165) is 5.56 Å². The molecule has 4 rings (SSSR count). The second kappa shape index (κ2) is 8.07. The van der Waals surface area contributed by atoms with Crippen LogP contribution in [0, 0.1) is 20.8 Å². The van der Waals surface area contributed by atoms with Crippen molar-refractivity contribution in [1.82, 2.24) is 9.78 Å². The zero-order chi connectivity index (χ0) is 23.2. The van der Waals surface area contributed by atoms with E-state index >= 15 is 0 Å². The van der Waals surface area contributed by atoms with E-state index in [1.54, 1.807) is 51.1 Å². The lowest BCUT2D eigenvalue weighted by Crippen LogP contribution is -2.15. The number of rotatable bonds is 4. The van der Waals surface area contributed by atoms with Crippen LogP contribution in [0.3, 0.4) is 0 Å². The first-order valence-electron chi connectivity index (χ1n) is 9.89. The number of anilines is 2. The summed E-state index contributed by atoms with van der Waals surface area (Å²) in [6.45, 7) is 5.18. The molecule has 0 spiro atoms. The highest BCUT2D eigenvalue weighted by atomic mass is 35.5. The molecule has 0 aliphatic carbocycles. The summed E-state index contributed by atoms with van der Waals surface area (Å²) in [5.74, 6) is -0.345. The number of benzene rings is 2.